The van der Waals surface area contributed by atoms with Gasteiger partial charge in [0.05, 0.1) is 22.0 Å². The van der Waals surface area contributed by atoms with Crippen molar-refractivity contribution in [3.8, 4) is 0 Å². The van der Waals surface area contributed by atoms with E-state index in [2.05, 4.69) is 20.2 Å². The fourth-order valence-electron chi connectivity index (χ4n) is 2.86. The first kappa shape index (κ1) is 16.8. The number of hydrogen-bond acceptors (Lipinski definition) is 6. The molecule has 2 heterocycles. The van der Waals surface area contributed by atoms with Gasteiger partial charge in [0, 0.05) is 30.8 Å². The second kappa shape index (κ2) is 6.84. The lowest BCUT2D eigenvalue weighted by molar-refractivity contribution is -0.384. The average molecular weight is 341 g/mol. The van der Waals surface area contributed by atoms with Crippen LogP contribution < -0.4 is 10.2 Å². The van der Waals surface area contributed by atoms with Crippen LogP contribution in [0.5, 0.6) is 0 Å². The number of nitrogens with zero attached hydrogens (tertiary/aromatic N) is 4. The lowest BCUT2D eigenvalue weighted by Crippen LogP contribution is -2.22. The molecule has 0 saturated carbocycles. The molecular formula is C17H19N5O3. The van der Waals surface area contributed by atoms with Crippen LogP contribution in [0.2, 0.25) is 0 Å². The van der Waals surface area contributed by atoms with E-state index in [1.54, 1.807) is 0 Å². The molecule has 8 nitrogen and oxygen atoms in total. The Labute approximate surface area is 145 Å². The van der Waals surface area contributed by atoms with Crippen molar-refractivity contribution in [1.82, 2.24) is 9.97 Å². The number of rotatable bonds is 4. The third-order valence-corrected chi connectivity index (χ3v) is 4.23. The summed E-state index contributed by atoms with van der Waals surface area (Å²) in [6, 6.07) is 5.47. The van der Waals surface area contributed by atoms with Crippen LogP contribution >= 0.6 is 0 Å². The second-order valence-corrected chi connectivity index (χ2v) is 6.02. The molecule has 3 rings (SSSR count). The third-order valence-electron chi connectivity index (χ3n) is 4.23. The van der Waals surface area contributed by atoms with Gasteiger partial charge in [0.2, 0.25) is 5.95 Å². The summed E-state index contributed by atoms with van der Waals surface area (Å²) in [6.07, 6.45) is 2.28. The van der Waals surface area contributed by atoms with Crippen LogP contribution in [0, 0.1) is 24.0 Å². The number of carbonyl (C=O) groups is 1. The molecule has 1 aliphatic heterocycles. The van der Waals surface area contributed by atoms with Gasteiger partial charge < -0.3 is 10.2 Å². The van der Waals surface area contributed by atoms with Crippen molar-refractivity contribution in [2.75, 3.05) is 23.3 Å². The third kappa shape index (κ3) is 3.57. The number of aryl methyl sites for hydroxylation is 2. The maximum absolute atomic E-state index is 12.4. The minimum atomic E-state index is -0.499. The van der Waals surface area contributed by atoms with Gasteiger partial charge in [-0.3, -0.25) is 14.9 Å². The van der Waals surface area contributed by atoms with Crippen LogP contribution in [0.1, 0.15) is 34.6 Å². The molecule has 130 valence electrons. The standard InChI is InChI=1S/C17H19N5O3/c1-11-15(12(2)19-17(18-11)21-9-3-4-10-21)20-16(23)13-5-7-14(8-6-13)22(24)25/h5-8H,3-4,9-10H2,1-2H3,(H,20,23). The van der Waals surface area contributed by atoms with Gasteiger partial charge in [0.25, 0.3) is 11.6 Å². The summed E-state index contributed by atoms with van der Waals surface area (Å²) in [5.41, 5.74) is 2.26. The quantitative estimate of drug-likeness (QED) is 0.678. The highest BCUT2D eigenvalue weighted by Crippen LogP contribution is 2.23. The molecule has 0 spiro atoms. The molecule has 8 heteroatoms. The number of non-ortho nitro benzene ring substituents is 1. The van der Waals surface area contributed by atoms with E-state index < -0.39 is 4.92 Å². The van der Waals surface area contributed by atoms with Crippen molar-refractivity contribution >= 4 is 23.2 Å². The number of nitrogens with one attached hydrogen (secondary N) is 1. The SMILES string of the molecule is Cc1nc(N2CCCC2)nc(C)c1NC(=O)c1ccc([N+](=O)[O-])cc1. The zero-order chi connectivity index (χ0) is 18.0. The smallest absolute Gasteiger partial charge is 0.269 e. The Hall–Kier alpha value is -3.03. The lowest BCUT2D eigenvalue weighted by Gasteiger charge is -2.18. The number of anilines is 2. The maximum atomic E-state index is 12.4. The normalized spacial score (nSPS) is 13.8. The zero-order valence-electron chi connectivity index (χ0n) is 14.2. The molecule has 0 bridgehead atoms. The van der Waals surface area contributed by atoms with Crippen molar-refractivity contribution in [3.63, 3.8) is 0 Å². The van der Waals surface area contributed by atoms with Crippen molar-refractivity contribution in [1.29, 1.82) is 0 Å². The Kier molecular flexibility index (Phi) is 4.60. The highest BCUT2D eigenvalue weighted by atomic mass is 16.6. The van der Waals surface area contributed by atoms with E-state index in [0.29, 0.717) is 28.6 Å². The highest BCUT2D eigenvalue weighted by molar-refractivity contribution is 6.05. The molecule has 25 heavy (non-hydrogen) atoms. The Morgan fingerprint density at radius 2 is 1.68 bits per heavy atom. The number of benzene rings is 1. The van der Waals surface area contributed by atoms with E-state index in [4.69, 9.17) is 0 Å². The van der Waals surface area contributed by atoms with Gasteiger partial charge in [-0.15, -0.1) is 0 Å². The molecule has 1 saturated heterocycles. The van der Waals surface area contributed by atoms with Gasteiger partial charge in [-0.2, -0.15) is 0 Å². The Morgan fingerprint density at radius 3 is 2.20 bits per heavy atom. The average Bonchev–Trinajstić information content (AvgIpc) is 3.12. The first-order valence-electron chi connectivity index (χ1n) is 8.11. The zero-order valence-corrected chi connectivity index (χ0v) is 14.2. The number of amides is 1. The number of aromatic nitrogens is 2. The summed E-state index contributed by atoms with van der Waals surface area (Å²) in [6.45, 7) is 5.57. The Morgan fingerprint density at radius 1 is 1.12 bits per heavy atom. The summed E-state index contributed by atoms with van der Waals surface area (Å²) in [4.78, 5) is 33.7. The molecule has 1 fully saturated rings. The van der Waals surface area contributed by atoms with Crippen LogP contribution in [0.3, 0.4) is 0 Å². The van der Waals surface area contributed by atoms with Gasteiger partial charge in [0.15, 0.2) is 0 Å². The lowest BCUT2D eigenvalue weighted by atomic mass is 10.2. The first-order chi connectivity index (χ1) is 12.0. The first-order valence-corrected chi connectivity index (χ1v) is 8.11. The van der Waals surface area contributed by atoms with E-state index in [1.165, 1.54) is 24.3 Å². The topological polar surface area (TPSA) is 101 Å². The van der Waals surface area contributed by atoms with Gasteiger partial charge in [-0.1, -0.05) is 0 Å². The van der Waals surface area contributed by atoms with Crippen LogP contribution in [0.25, 0.3) is 0 Å². The molecule has 2 aromatic rings. The van der Waals surface area contributed by atoms with Gasteiger partial charge in [-0.05, 0) is 38.8 Å². The minimum absolute atomic E-state index is 0.0535. The number of carbonyl (C=O) groups excluding carboxylic acids is 1. The molecule has 0 radical (unpaired) electrons. The van der Waals surface area contributed by atoms with E-state index in [1.807, 2.05) is 13.8 Å². The molecule has 0 unspecified atom stereocenters. The molecule has 1 amide bonds. The molecular weight excluding hydrogens is 322 g/mol. The van der Waals surface area contributed by atoms with Crippen molar-refractivity contribution in [2.24, 2.45) is 0 Å². The van der Waals surface area contributed by atoms with Crippen molar-refractivity contribution < 1.29 is 9.72 Å². The van der Waals surface area contributed by atoms with Crippen LogP contribution in [0.4, 0.5) is 17.3 Å². The van der Waals surface area contributed by atoms with Gasteiger partial charge in [-0.25, -0.2) is 9.97 Å². The summed E-state index contributed by atoms with van der Waals surface area (Å²) in [5.74, 6) is 0.347. The number of nitro benzene ring substituents is 1. The van der Waals surface area contributed by atoms with Crippen LogP contribution in [-0.2, 0) is 0 Å². The monoisotopic (exact) mass is 341 g/mol. The molecule has 0 atom stereocenters. The fourth-order valence-corrected chi connectivity index (χ4v) is 2.86. The van der Waals surface area contributed by atoms with Crippen LogP contribution in [-0.4, -0.2) is 33.9 Å². The summed E-state index contributed by atoms with van der Waals surface area (Å²) in [5, 5.41) is 13.5. The summed E-state index contributed by atoms with van der Waals surface area (Å²) < 4.78 is 0. The second-order valence-electron chi connectivity index (χ2n) is 6.02. The molecule has 1 aliphatic rings. The van der Waals surface area contributed by atoms with Crippen molar-refractivity contribution in [2.45, 2.75) is 26.7 Å². The van der Waals surface area contributed by atoms with Crippen LogP contribution in [0.15, 0.2) is 24.3 Å². The Balaban J connectivity index is 1.79. The molecule has 1 aromatic heterocycles. The van der Waals surface area contributed by atoms with E-state index >= 15 is 0 Å². The summed E-state index contributed by atoms with van der Waals surface area (Å²) in [7, 11) is 0. The highest BCUT2D eigenvalue weighted by Gasteiger charge is 2.19. The largest absolute Gasteiger partial charge is 0.341 e. The number of hydrogen-bond donors (Lipinski definition) is 1. The minimum Gasteiger partial charge on any atom is -0.341 e. The van der Waals surface area contributed by atoms with E-state index in [9.17, 15) is 14.9 Å². The Bertz CT molecular complexity index is 791. The fraction of sp³-hybridized carbons (Fsp3) is 0.353. The maximum Gasteiger partial charge on any atom is 0.269 e. The summed E-state index contributed by atoms with van der Waals surface area (Å²) >= 11 is 0. The molecule has 1 aromatic carbocycles. The molecule has 0 aliphatic carbocycles. The predicted molar refractivity (Wildman–Crippen MR) is 94.0 cm³/mol. The predicted octanol–water partition coefficient (Wildman–Crippen LogP) is 2.85. The van der Waals surface area contributed by atoms with Crippen molar-refractivity contribution in [3.05, 3.63) is 51.3 Å². The van der Waals surface area contributed by atoms with Gasteiger partial charge >= 0.3 is 0 Å². The van der Waals surface area contributed by atoms with E-state index in [-0.39, 0.29) is 11.6 Å². The van der Waals surface area contributed by atoms with Gasteiger partial charge in [0.1, 0.15) is 0 Å². The number of nitro groups is 1. The van der Waals surface area contributed by atoms with E-state index in [0.717, 1.165) is 25.9 Å². The molecule has 1 N–H and O–H groups in total.